The number of hydrogen-bond donors (Lipinski definition) is 2. The summed E-state index contributed by atoms with van der Waals surface area (Å²) in [7, 11) is 0. The van der Waals surface area contributed by atoms with Gasteiger partial charge in [-0.25, -0.2) is 0 Å². The van der Waals surface area contributed by atoms with Crippen molar-refractivity contribution in [1.82, 2.24) is 4.65 Å². The Morgan fingerprint density at radius 2 is 1.75 bits per heavy atom. The molecule has 1 unspecified atom stereocenters. The van der Waals surface area contributed by atoms with Crippen molar-refractivity contribution >= 4 is 66.4 Å². The number of quaternary nitrogens is 1. The van der Waals surface area contributed by atoms with E-state index in [1.807, 2.05) is 0 Å². The molecule has 20 heavy (non-hydrogen) atoms. The molecule has 0 aliphatic carbocycles. The summed E-state index contributed by atoms with van der Waals surface area (Å²) < 4.78 is 0.193. The minimum absolute atomic E-state index is 0.00205. The quantitative estimate of drug-likeness (QED) is 0.320. The molecule has 1 aromatic rings. The van der Waals surface area contributed by atoms with Gasteiger partial charge in [0.05, 0.1) is 27.7 Å². The third-order valence-corrected chi connectivity index (χ3v) is 6.03. The van der Waals surface area contributed by atoms with Crippen molar-refractivity contribution in [1.29, 1.82) is 0 Å². The Labute approximate surface area is 143 Å². The van der Waals surface area contributed by atoms with Gasteiger partial charge in [0, 0.05) is 6.54 Å². The maximum Gasteiger partial charge on any atom is 0.175 e. The molecule has 1 aliphatic rings. The van der Waals surface area contributed by atoms with Crippen LogP contribution in [-0.2, 0) is 0 Å². The summed E-state index contributed by atoms with van der Waals surface area (Å²) in [4.78, 5) is 1.73. The Morgan fingerprint density at radius 1 is 1.15 bits per heavy atom. The van der Waals surface area contributed by atoms with Crippen LogP contribution in [-0.4, -0.2) is 43.2 Å². The van der Waals surface area contributed by atoms with E-state index in [1.54, 1.807) is 4.90 Å². The molecular formula is C11H12Br2Cl2N2O3. The van der Waals surface area contributed by atoms with E-state index in [2.05, 4.69) is 31.9 Å². The maximum atomic E-state index is 12.9. The van der Waals surface area contributed by atoms with Crippen LogP contribution in [0.25, 0.3) is 0 Å². The van der Waals surface area contributed by atoms with E-state index in [9.17, 15) is 5.21 Å². The van der Waals surface area contributed by atoms with Gasteiger partial charge < -0.3 is 25.0 Å². The van der Waals surface area contributed by atoms with E-state index in [4.69, 9.17) is 33.4 Å². The number of hydrogen-bond acceptors (Lipinski definition) is 4. The lowest BCUT2D eigenvalue weighted by Crippen LogP contribution is -2.48. The lowest BCUT2D eigenvalue weighted by Gasteiger charge is -2.38. The van der Waals surface area contributed by atoms with Crippen molar-refractivity contribution in [3.8, 4) is 0 Å². The fourth-order valence-corrected chi connectivity index (χ4v) is 4.28. The minimum atomic E-state index is -0.748. The predicted octanol–water partition coefficient (Wildman–Crippen LogP) is 3.09. The molecule has 0 bridgehead atoms. The van der Waals surface area contributed by atoms with Crippen LogP contribution < -0.4 is 9.55 Å². The van der Waals surface area contributed by atoms with Crippen LogP contribution in [0.4, 0.5) is 11.4 Å². The Morgan fingerprint density at radius 3 is 2.30 bits per heavy atom. The first kappa shape index (κ1) is 16.8. The standard InChI is InChI=1S/C11H12Br2Cl2N2O3/c12-6-8(14)9(15)7(13)11-10(6)16(1-3-18)5-17(11,20)2-4-19/h18-19H,1-5H2. The molecule has 0 saturated heterocycles. The molecule has 1 atom stereocenters. The number of rotatable bonds is 4. The first-order chi connectivity index (χ1) is 9.37. The SMILES string of the molecule is [O-][N+]1(CCO)CN(CCO)c2c(Br)c(Cl)c(Cl)c(Br)c21. The molecule has 2 N–H and O–H groups in total. The van der Waals surface area contributed by atoms with Crippen molar-refractivity contribution < 1.29 is 10.2 Å². The van der Waals surface area contributed by atoms with Gasteiger partial charge >= 0.3 is 0 Å². The largest absolute Gasteiger partial charge is 0.626 e. The molecule has 0 radical (unpaired) electrons. The molecule has 0 amide bonds. The average molecular weight is 451 g/mol. The van der Waals surface area contributed by atoms with E-state index in [0.29, 0.717) is 31.9 Å². The first-order valence-corrected chi connectivity index (χ1v) is 8.13. The highest BCUT2D eigenvalue weighted by Crippen LogP contribution is 2.55. The highest BCUT2D eigenvalue weighted by Gasteiger charge is 2.41. The van der Waals surface area contributed by atoms with E-state index in [-0.39, 0.29) is 31.4 Å². The highest BCUT2D eigenvalue weighted by molar-refractivity contribution is 9.11. The van der Waals surface area contributed by atoms with Crippen LogP contribution in [0.15, 0.2) is 8.95 Å². The van der Waals surface area contributed by atoms with Gasteiger partial charge in [-0.3, -0.25) is 0 Å². The van der Waals surface area contributed by atoms with E-state index >= 15 is 0 Å². The smallest absolute Gasteiger partial charge is 0.175 e. The number of nitrogens with zero attached hydrogens (tertiary/aromatic N) is 2. The van der Waals surface area contributed by atoms with Crippen LogP contribution >= 0.6 is 55.1 Å². The normalized spacial score (nSPS) is 21.4. The summed E-state index contributed by atoms with van der Waals surface area (Å²) in [6.07, 6.45) is 0. The van der Waals surface area contributed by atoms with Crippen molar-refractivity contribution in [2.75, 3.05) is 37.9 Å². The van der Waals surface area contributed by atoms with Crippen molar-refractivity contribution in [2.24, 2.45) is 0 Å². The maximum absolute atomic E-state index is 12.9. The number of aliphatic hydroxyl groups excluding tert-OH is 2. The number of benzene rings is 1. The van der Waals surface area contributed by atoms with Crippen LogP contribution in [0, 0.1) is 5.21 Å². The fourth-order valence-electron chi connectivity index (χ4n) is 2.33. The minimum Gasteiger partial charge on any atom is -0.626 e. The Balaban J connectivity index is 2.69. The highest BCUT2D eigenvalue weighted by atomic mass is 79.9. The van der Waals surface area contributed by atoms with Gasteiger partial charge in [0.25, 0.3) is 0 Å². The molecule has 2 rings (SSSR count). The van der Waals surface area contributed by atoms with Gasteiger partial charge in [-0.05, 0) is 31.9 Å². The molecule has 5 nitrogen and oxygen atoms in total. The van der Waals surface area contributed by atoms with Gasteiger partial charge in [0.2, 0.25) is 0 Å². The summed E-state index contributed by atoms with van der Waals surface area (Å²) in [5.41, 5.74) is 1.01. The second kappa shape index (κ2) is 6.26. The molecule has 0 aromatic heterocycles. The van der Waals surface area contributed by atoms with Gasteiger partial charge in [-0.2, -0.15) is 0 Å². The molecule has 112 valence electrons. The third kappa shape index (κ3) is 2.59. The number of aliphatic hydroxyl groups is 2. The van der Waals surface area contributed by atoms with Gasteiger partial charge in [-0.15, -0.1) is 0 Å². The number of anilines is 1. The summed E-state index contributed by atoms with van der Waals surface area (Å²) >= 11 is 19.0. The molecule has 1 heterocycles. The Bertz CT molecular complexity index is 547. The second-order valence-corrected chi connectivity index (χ2v) is 6.76. The summed E-state index contributed by atoms with van der Waals surface area (Å²) in [6, 6.07) is 0. The molecule has 9 heteroatoms. The van der Waals surface area contributed by atoms with Gasteiger partial charge in [-0.1, -0.05) is 23.2 Å². The van der Waals surface area contributed by atoms with Gasteiger partial charge in [0.1, 0.15) is 16.7 Å². The lowest BCUT2D eigenvalue weighted by atomic mass is 10.2. The van der Waals surface area contributed by atoms with E-state index in [1.165, 1.54) is 0 Å². The zero-order valence-electron chi connectivity index (χ0n) is 10.2. The Hall–Kier alpha value is 0.400. The van der Waals surface area contributed by atoms with E-state index < -0.39 is 4.65 Å². The zero-order chi connectivity index (χ0) is 15.1. The van der Waals surface area contributed by atoms with Crippen LogP contribution in [0.5, 0.6) is 0 Å². The number of hydroxylamine groups is 2. The molecule has 0 spiro atoms. The Kier molecular flexibility index (Phi) is 5.24. The monoisotopic (exact) mass is 448 g/mol. The molecule has 0 saturated carbocycles. The van der Waals surface area contributed by atoms with Crippen molar-refractivity contribution in [3.05, 3.63) is 24.2 Å². The number of β-amino-alcohol motifs (C(OH)–C–C–N with tert-alkyl or cyclic N) is 1. The lowest BCUT2D eigenvalue weighted by molar-refractivity contribution is 0.239. The summed E-state index contributed by atoms with van der Waals surface area (Å²) in [5, 5.41) is 31.8. The molecule has 0 fully saturated rings. The topological polar surface area (TPSA) is 66.8 Å². The van der Waals surface area contributed by atoms with Crippen LogP contribution in [0.3, 0.4) is 0 Å². The molecular weight excluding hydrogens is 439 g/mol. The first-order valence-electron chi connectivity index (χ1n) is 5.78. The zero-order valence-corrected chi connectivity index (χ0v) is 14.9. The van der Waals surface area contributed by atoms with Crippen LogP contribution in [0.1, 0.15) is 0 Å². The van der Waals surface area contributed by atoms with E-state index in [0.717, 1.165) is 0 Å². The van der Waals surface area contributed by atoms with Crippen molar-refractivity contribution in [3.63, 3.8) is 0 Å². The predicted molar refractivity (Wildman–Crippen MR) is 88.3 cm³/mol. The van der Waals surface area contributed by atoms with Gasteiger partial charge in [0.15, 0.2) is 12.4 Å². The van der Waals surface area contributed by atoms with Crippen molar-refractivity contribution in [2.45, 2.75) is 0 Å². The molecule has 1 aromatic carbocycles. The third-order valence-electron chi connectivity index (χ3n) is 3.17. The fraction of sp³-hybridized carbons (Fsp3) is 0.455. The number of fused-ring (bicyclic) bond motifs is 1. The number of halogens is 4. The second-order valence-electron chi connectivity index (χ2n) is 4.42. The van der Waals surface area contributed by atoms with Crippen LogP contribution in [0.2, 0.25) is 10.0 Å². The molecule has 1 aliphatic heterocycles. The summed E-state index contributed by atoms with van der Waals surface area (Å²) in [5.74, 6) is 0. The average Bonchev–Trinajstić information content (AvgIpc) is 2.67. The summed E-state index contributed by atoms with van der Waals surface area (Å²) in [6.45, 7) is 0.0367.